The van der Waals surface area contributed by atoms with E-state index in [1.54, 1.807) is 0 Å². The summed E-state index contributed by atoms with van der Waals surface area (Å²) in [5, 5.41) is -1.07. The van der Waals surface area contributed by atoms with E-state index in [2.05, 4.69) is 15.9 Å². The van der Waals surface area contributed by atoms with Crippen molar-refractivity contribution in [3.63, 3.8) is 0 Å². The highest BCUT2D eigenvalue weighted by atomic mass is 79.9. The van der Waals surface area contributed by atoms with Gasteiger partial charge in [-0.15, -0.1) is 0 Å². The fourth-order valence-electron chi connectivity index (χ4n) is 4.60. The fraction of sp³-hybridized carbons (Fsp3) is 0.480. The molecule has 0 radical (unpaired) electrons. The molecule has 0 unspecified atom stereocenters. The Morgan fingerprint density at radius 3 is 2.33 bits per heavy atom. The molecule has 0 bridgehead atoms. The third-order valence-corrected chi connectivity index (χ3v) is 12.1. The number of ether oxygens (including phenoxy) is 1. The highest BCUT2D eigenvalue weighted by Crippen LogP contribution is 2.45. The third-order valence-electron chi connectivity index (χ3n) is 7.23. The number of rotatable bonds is 9. The van der Waals surface area contributed by atoms with Crippen molar-refractivity contribution in [2.75, 3.05) is 19.7 Å². The standard InChI is InChI=1S/C25H26BrClF2N2O6S2/c26-19-5-6-22(23(27)24(19)29)39(35,36)31-9-7-14(8-10-31)13-37-21-12-20(28)18(11-17(21)15-1-2-15)25(32)30-38(33,34)16-3-4-16/h5-6,11-12,14-16H,1-4,7-10,13H2,(H,30,32). The Labute approximate surface area is 239 Å². The number of piperidine rings is 1. The first-order valence-electron chi connectivity index (χ1n) is 12.5. The molecule has 1 amide bonds. The first-order chi connectivity index (χ1) is 18.4. The summed E-state index contributed by atoms with van der Waals surface area (Å²) in [7, 11) is -7.81. The van der Waals surface area contributed by atoms with Crippen LogP contribution in [0.3, 0.4) is 0 Å². The summed E-state index contributed by atoms with van der Waals surface area (Å²) in [6, 6.07) is 5.05. The molecule has 3 fully saturated rings. The number of nitrogens with one attached hydrogen (secondary N) is 1. The molecule has 212 valence electrons. The Kier molecular flexibility index (Phi) is 8.01. The maximum atomic E-state index is 14.9. The topological polar surface area (TPSA) is 110 Å². The van der Waals surface area contributed by atoms with Gasteiger partial charge in [-0.1, -0.05) is 11.6 Å². The van der Waals surface area contributed by atoms with Crippen molar-refractivity contribution in [3.8, 4) is 5.75 Å². The van der Waals surface area contributed by atoms with E-state index in [1.165, 1.54) is 22.5 Å². The zero-order valence-corrected chi connectivity index (χ0v) is 24.6. The fourth-order valence-corrected chi connectivity index (χ4v) is 8.32. The van der Waals surface area contributed by atoms with Gasteiger partial charge in [0.25, 0.3) is 5.91 Å². The van der Waals surface area contributed by atoms with Crippen LogP contribution in [0.15, 0.2) is 33.6 Å². The van der Waals surface area contributed by atoms with Crippen molar-refractivity contribution in [3.05, 3.63) is 56.5 Å². The second kappa shape index (κ2) is 10.9. The van der Waals surface area contributed by atoms with Crippen LogP contribution in [0.4, 0.5) is 8.78 Å². The molecule has 0 atom stereocenters. The van der Waals surface area contributed by atoms with Crippen molar-refractivity contribution < 1.29 is 35.1 Å². The van der Waals surface area contributed by atoms with Crippen LogP contribution in [-0.2, 0) is 20.0 Å². The van der Waals surface area contributed by atoms with E-state index < -0.39 is 47.9 Å². The SMILES string of the molecule is O=C(NS(=O)(=O)C1CC1)c1cc(C2CC2)c(OCC2CCN(S(=O)(=O)c3ccc(Br)c(F)c3Cl)CC2)cc1F. The molecule has 1 heterocycles. The summed E-state index contributed by atoms with van der Waals surface area (Å²) < 4.78 is 88.7. The predicted octanol–water partition coefficient (Wildman–Crippen LogP) is 4.96. The minimum Gasteiger partial charge on any atom is -0.493 e. The van der Waals surface area contributed by atoms with E-state index in [4.69, 9.17) is 16.3 Å². The smallest absolute Gasteiger partial charge is 0.267 e. The third kappa shape index (κ3) is 6.12. The largest absolute Gasteiger partial charge is 0.493 e. The predicted molar refractivity (Wildman–Crippen MR) is 144 cm³/mol. The van der Waals surface area contributed by atoms with Crippen LogP contribution >= 0.6 is 27.5 Å². The first-order valence-corrected chi connectivity index (χ1v) is 16.7. The van der Waals surface area contributed by atoms with E-state index in [1.807, 2.05) is 4.72 Å². The van der Waals surface area contributed by atoms with Gasteiger partial charge < -0.3 is 4.74 Å². The molecule has 14 heteroatoms. The van der Waals surface area contributed by atoms with Crippen LogP contribution < -0.4 is 9.46 Å². The van der Waals surface area contributed by atoms with Gasteiger partial charge in [0, 0.05) is 19.2 Å². The quantitative estimate of drug-likeness (QED) is 0.379. The lowest BCUT2D eigenvalue weighted by Crippen LogP contribution is -2.39. The molecular formula is C25H26BrClF2N2O6S2. The molecule has 39 heavy (non-hydrogen) atoms. The van der Waals surface area contributed by atoms with Crippen molar-refractivity contribution in [1.29, 1.82) is 0 Å². The summed E-state index contributed by atoms with van der Waals surface area (Å²) in [6.45, 7) is 0.577. The zero-order chi connectivity index (χ0) is 28.1. The van der Waals surface area contributed by atoms with Gasteiger partial charge in [-0.05, 0) is 90.1 Å². The highest BCUT2D eigenvalue weighted by Gasteiger charge is 2.38. The first kappa shape index (κ1) is 28.7. The molecule has 0 aromatic heterocycles. The number of halogens is 4. The summed E-state index contributed by atoms with van der Waals surface area (Å²) in [6.07, 6.45) is 3.59. The molecular weight excluding hydrogens is 642 g/mol. The summed E-state index contributed by atoms with van der Waals surface area (Å²) in [5.74, 6) is -2.34. The molecule has 2 aromatic carbocycles. The lowest BCUT2D eigenvalue weighted by Gasteiger charge is -2.31. The number of hydrogen-bond acceptors (Lipinski definition) is 6. The second-order valence-electron chi connectivity index (χ2n) is 10.2. The molecule has 3 aliphatic rings. The van der Waals surface area contributed by atoms with Crippen LogP contribution in [0.1, 0.15) is 60.4 Å². The molecule has 2 aromatic rings. The van der Waals surface area contributed by atoms with E-state index in [0.717, 1.165) is 18.9 Å². The minimum atomic E-state index is -4.00. The van der Waals surface area contributed by atoms with Crippen LogP contribution in [0.5, 0.6) is 5.75 Å². The van der Waals surface area contributed by atoms with Gasteiger partial charge in [0.05, 0.1) is 26.9 Å². The maximum Gasteiger partial charge on any atom is 0.267 e. The summed E-state index contributed by atoms with van der Waals surface area (Å²) in [5.41, 5.74) is 0.312. The lowest BCUT2D eigenvalue weighted by atomic mass is 9.99. The number of nitrogens with zero attached hydrogens (tertiary/aromatic N) is 1. The number of hydrogen-bond donors (Lipinski definition) is 1. The molecule has 1 N–H and O–H groups in total. The molecule has 2 saturated carbocycles. The average Bonchev–Trinajstić information content (AvgIpc) is 3.78. The van der Waals surface area contributed by atoms with Crippen molar-refractivity contribution in [2.24, 2.45) is 5.92 Å². The highest BCUT2D eigenvalue weighted by molar-refractivity contribution is 9.10. The second-order valence-corrected chi connectivity index (χ2v) is 15.3. The molecule has 2 aliphatic carbocycles. The Balaban J connectivity index is 1.23. The van der Waals surface area contributed by atoms with Crippen LogP contribution in [0.25, 0.3) is 0 Å². The van der Waals surface area contributed by atoms with Crippen LogP contribution in [0, 0.1) is 17.6 Å². The number of carbonyl (C=O) groups excluding carboxylic acids is 1. The van der Waals surface area contributed by atoms with Crippen LogP contribution in [0.2, 0.25) is 5.02 Å². The molecule has 8 nitrogen and oxygen atoms in total. The van der Waals surface area contributed by atoms with Gasteiger partial charge in [0.15, 0.2) is 5.82 Å². The normalized spacial score (nSPS) is 19.2. The molecule has 1 saturated heterocycles. The molecule has 0 spiro atoms. The monoisotopic (exact) mass is 666 g/mol. The Morgan fingerprint density at radius 1 is 1.05 bits per heavy atom. The maximum absolute atomic E-state index is 14.9. The van der Waals surface area contributed by atoms with Crippen molar-refractivity contribution in [1.82, 2.24) is 9.03 Å². The zero-order valence-electron chi connectivity index (χ0n) is 20.6. The van der Waals surface area contributed by atoms with E-state index >= 15 is 0 Å². The van der Waals surface area contributed by atoms with Crippen LogP contribution in [-0.4, -0.2) is 52.0 Å². The van der Waals surface area contributed by atoms with E-state index in [9.17, 15) is 30.4 Å². The van der Waals surface area contributed by atoms with Gasteiger partial charge in [-0.3, -0.25) is 4.79 Å². The molecule has 5 rings (SSSR count). The Morgan fingerprint density at radius 2 is 1.72 bits per heavy atom. The minimum absolute atomic E-state index is 0.0182. The number of sulfonamides is 2. The number of carbonyl (C=O) groups is 1. The van der Waals surface area contributed by atoms with E-state index in [0.29, 0.717) is 37.0 Å². The van der Waals surface area contributed by atoms with Crippen molar-refractivity contribution in [2.45, 2.75) is 54.6 Å². The van der Waals surface area contributed by atoms with Gasteiger partial charge in [-0.25, -0.2) is 30.3 Å². The van der Waals surface area contributed by atoms with Gasteiger partial charge in [0.1, 0.15) is 16.5 Å². The Hall–Kier alpha value is -1.80. The lowest BCUT2D eigenvalue weighted by molar-refractivity contribution is 0.0977. The van der Waals surface area contributed by atoms with E-state index in [-0.39, 0.29) is 46.5 Å². The van der Waals surface area contributed by atoms with Crippen molar-refractivity contribution >= 4 is 53.5 Å². The van der Waals surface area contributed by atoms with Gasteiger partial charge in [0.2, 0.25) is 20.0 Å². The molecule has 1 aliphatic heterocycles. The summed E-state index contributed by atoms with van der Waals surface area (Å²) >= 11 is 8.96. The van der Waals surface area contributed by atoms with Gasteiger partial charge >= 0.3 is 0 Å². The number of benzene rings is 2. The average molecular weight is 668 g/mol. The number of amides is 1. The Bertz CT molecular complexity index is 1520. The summed E-state index contributed by atoms with van der Waals surface area (Å²) in [4.78, 5) is 12.2. The van der Waals surface area contributed by atoms with Gasteiger partial charge in [-0.2, -0.15) is 4.31 Å².